The third-order valence-electron chi connectivity index (χ3n) is 1.68. The molecular formula is C9H6ClNO2S. The second-order valence-electron chi connectivity index (χ2n) is 2.60. The van der Waals surface area contributed by atoms with Crippen LogP contribution in [0.1, 0.15) is 11.1 Å². The smallest absolute Gasteiger partial charge is 0.307 e. The van der Waals surface area contributed by atoms with Crippen LogP contribution in [0.25, 0.3) is 0 Å². The van der Waals surface area contributed by atoms with Crippen molar-refractivity contribution in [3.05, 3.63) is 28.3 Å². The molecule has 0 aliphatic rings. The van der Waals surface area contributed by atoms with E-state index in [-0.39, 0.29) is 6.42 Å². The van der Waals surface area contributed by atoms with Crippen LogP contribution in [0.2, 0.25) is 5.02 Å². The molecule has 1 aromatic rings. The minimum atomic E-state index is -1.01. The molecule has 0 bridgehead atoms. The molecule has 0 heterocycles. The Morgan fingerprint density at radius 1 is 1.64 bits per heavy atom. The van der Waals surface area contributed by atoms with Crippen molar-refractivity contribution in [1.29, 1.82) is 5.26 Å². The number of carbonyl (C=O) groups is 1. The summed E-state index contributed by atoms with van der Waals surface area (Å²) >= 11 is 9.81. The summed E-state index contributed by atoms with van der Waals surface area (Å²) < 4.78 is 0. The molecule has 0 unspecified atom stereocenters. The number of hydrogen-bond acceptors (Lipinski definition) is 3. The maximum Gasteiger partial charge on any atom is 0.307 e. The van der Waals surface area contributed by atoms with E-state index in [9.17, 15) is 4.79 Å². The number of nitriles is 1. The molecule has 0 radical (unpaired) electrons. The Balaban J connectivity index is 3.29. The molecule has 0 aromatic heterocycles. The third kappa shape index (κ3) is 2.19. The number of benzene rings is 1. The van der Waals surface area contributed by atoms with E-state index >= 15 is 0 Å². The average molecular weight is 228 g/mol. The van der Waals surface area contributed by atoms with Crippen LogP contribution in [-0.2, 0) is 11.2 Å². The lowest BCUT2D eigenvalue weighted by Crippen LogP contribution is -2.03. The van der Waals surface area contributed by atoms with Crippen LogP contribution in [0.15, 0.2) is 17.0 Å². The fourth-order valence-electron chi connectivity index (χ4n) is 1.04. The van der Waals surface area contributed by atoms with Crippen molar-refractivity contribution in [3.8, 4) is 6.07 Å². The summed E-state index contributed by atoms with van der Waals surface area (Å²) in [5, 5.41) is 17.7. The van der Waals surface area contributed by atoms with E-state index in [2.05, 4.69) is 12.6 Å². The van der Waals surface area contributed by atoms with E-state index in [1.165, 1.54) is 12.1 Å². The summed E-state index contributed by atoms with van der Waals surface area (Å²) in [7, 11) is 0. The van der Waals surface area contributed by atoms with Gasteiger partial charge in [-0.25, -0.2) is 0 Å². The molecular weight excluding hydrogens is 222 g/mol. The van der Waals surface area contributed by atoms with Crippen molar-refractivity contribution >= 4 is 30.2 Å². The standard InChI is InChI=1S/C9H6ClNO2S/c10-7-2-1-5(4-11)6(9(7)14)3-8(12)13/h1-2,14H,3H2,(H,12,13). The Bertz CT molecular complexity index is 426. The molecule has 5 heteroatoms. The number of rotatable bonds is 2. The number of aliphatic carboxylic acids is 1. The largest absolute Gasteiger partial charge is 0.481 e. The van der Waals surface area contributed by atoms with Gasteiger partial charge in [-0.1, -0.05) is 11.6 Å². The molecule has 0 saturated heterocycles. The van der Waals surface area contributed by atoms with E-state index in [1.807, 2.05) is 6.07 Å². The molecule has 0 spiro atoms. The number of hydrogen-bond donors (Lipinski definition) is 2. The van der Waals surface area contributed by atoms with E-state index in [0.29, 0.717) is 21.0 Å². The molecule has 0 atom stereocenters. The summed E-state index contributed by atoms with van der Waals surface area (Å²) in [6.07, 6.45) is -0.248. The number of carboxylic acid groups (broad SMARTS) is 1. The van der Waals surface area contributed by atoms with Gasteiger partial charge in [0.1, 0.15) is 0 Å². The molecule has 1 N–H and O–H groups in total. The summed E-state index contributed by atoms with van der Waals surface area (Å²) in [6, 6.07) is 4.91. The van der Waals surface area contributed by atoms with Crippen molar-refractivity contribution in [3.63, 3.8) is 0 Å². The van der Waals surface area contributed by atoms with Crippen LogP contribution in [0, 0.1) is 11.3 Å². The lowest BCUT2D eigenvalue weighted by atomic mass is 10.1. The number of nitrogens with zero attached hydrogens (tertiary/aromatic N) is 1. The predicted molar refractivity (Wildman–Crippen MR) is 54.8 cm³/mol. The van der Waals surface area contributed by atoms with Crippen molar-refractivity contribution in [2.24, 2.45) is 0 Å². The van der Waals surface area contributed by atoms with Crippen LogP contribution in [-0.4, -0.2) is 11.1 Å². The van der Waals surface area contributed by atoms with Gasteiger partial charge in [-0.05, 0) is 17.7 Å². The van der Waals surface area contributed by atoms with Crippen LogP contribution in [0.3, 0.4) is 0 Å². The monoisotopic (exact) mass is 227 g/mol. The molecule has 1 rings (SSSR count). The molecule has 3 nitrogen and oxygen atoms in total. The summed E-state index contributed by atoms with van der Waals surface area (Å²) in [5.74, 6) is -1.01. The van der Waals surface area contributed by atoms with E-state index in [4.69, 9.17) is 22.0 Å². The van der Waals surface area contributed by atoms with Crippen molar-refractivity contribution < 1.29 is 9.90 Å². The lowest BCUT2D eigenvalue weighted by Gasteiger charge is -2.05. The molecule has 14 heavy (non-hydrogen) atoms. The zero-order valence-corrected chi connectivity index (χ0v) is 8.64. The van der Waals surface area contributed by atoms with E-state index < -0.39 is 5.97 Å². The molecule has 0 amide bonds. The first-order valence-electron chi connectivity index (χ1n) is 3.68. The Hall–Kier alpha value is -1.18. The normalized spacial score (nSPS) is 9.50. The Labute approximate surface area is 91.3 Å². The summed E-state index contributed by atoms with van der Waals surface area (Å²) in [5.41, 5.74) is 0.651. The van der Waals surface area contributed by atoms with Crippen molar-refractivity contribution in [1.82, 2.24) is 0 Å². The van der Waals surface area contributed by atoms with Gasteiger partial charge >= 0.3 is 5.97 Å². The van der Waals surface area contributed by atoms with Gasteiger partial charge in [0.25, 0.3) is 0 Å². The SMILES string of the molecule is N#Cc1ccc(Cl)c(S)c1CC(=O)O. The van der Waals surface area contributed by atoms with Crippen molar-refractivity contribution in [2.45, 2.75) is 11.3 Å². The lowest BCUT2D eigenvalue weighted by molar-refractivity contribution is -0.136. The van der Waals surface area contributed by atoms with Gasteiger partial charge in [0.15, 0.2) is 0 Å². The minimum absolute atomic E-state index is 0.248. The van der Waals surface area contributed by atoms with Gasteiger partial charge in [-0.15, -0.1) is 12.6 Å². The average Bonchev–Trinajstić information content (AvgIpc) is 2.13. The quantitative estimate of drug-likeness (QED) is 0.761. The Morgan fingerprint density at radius 2 is 2.29 bits per heavy atom. The van der Waals surface area contributed by atoms with E-state index in [1.54, 1.807) is 0 Å². The third-order valence-corrected chi connectivity index (χ3v) is 2.64. The number of thiol groups is 1. The highest BCUT2D eigenvalue weighted by Gasteiger charge is 2.12. The molecule has 1 aromatic carbocycles. The summed E-state index contributed by atoms with van der Waals surface area (Å²) in [6.45, 7) is 0. The number of carboxylic acids is 1. The maximum atomic E-state index is 10.5. The fourth-order valence-corrected chi connectivity index (χ4v) is 1.49. The zero-order valence-electron chi connectivity index (χ0n) is 6.99. The molecule has 0 aliphatic heterocycles. The first-order chi connectivity index (χ1) is 6.56. The maximum absolute atomic E-state index is 10.5. The molecule has 0 fully saturated rings. The highest BCUT2D eigenvalue weighted by atomic mass is 35.5. The van der Waals surface area contributed by atoms with Gasteiger partial charge in [-0.2, -0.15) is 5.26 Å². The molecule has 0 saturated carbocycles. The second-order valence-corrected chi connectivity index (χ2v) is 3.46. The highest BCUT2D eigenvalue weighted by molar-refractivity contribution is 7.80. The fraction of sp³-hybridized carbons (Fsp3) is 0.111. The zero-order chi connectivity index (χ0) is 10.7. The van der Waals surface area contributed by atoms with Crippen LogP contribution < -0.4 is 0 Å². The van der Waals surface area contributed by atoms with E-state index in [0.717, 1.165) is 0 Å². The van der Waals surface area contributed by atoms with Crippen LogP contribution in [0.4, 0.5) is 0 Å². The Morgan fingerprint density at radius 3 is 2.79 bits per heavy atom. The second kappa shape index (κ2) is 4.36. The summed E-state index contributed by atoms with van der Waals surface area (Å²) in [4.78, 5) is 10.9. The topological polar surface area (TPSA) is 61.1 Å². The minimum Gasteiger partial charge on any atom is -0.481 e. The first kappa shape index (κ1) is 10.9. The van der Waals surface area contributed by atoms with Crippen LogP contribution in [0.5, 0.6) is 0 Å². The highest BCUT2D eigenvalue weighted by Crippen LogP contribution is 2.27. The van der Waals surface area contributed by atoms with Gasteiger partial charge in [0.2, 0.25) is 0 Å². The first-order valence-corrected chi connectivity index (χ1v) is 4.51. The van der Waals surface area contributed by atoms with Crippen LogP contribution >= 0.6 is 24.2 Å². The molecule has 72 valence electrons. The number of halogens is 1. The molecule has 0 aliphatic carbocycles. The van der Waals surface area contributed by atoms with Gasteiger partial charge in [0.05, 0.1) is 23.1 Å². The predicted octanol–water partition coefficient (Wildman–Crippen LogP) is 2.13. The van der Waals surface area contributed by atoms with Crippen molar-refractivity contribution in [2.75, 3.05) is 0 Å². The van der Waals surface area contributed by atoms with Gasteiger partial charge in [-0.3, -0.25) is 4.79 Å². The Kier molecular flexibility index (Phi) is 3.39. The van der Waals surface area contributed by atoms with Gasteiger partial charge in [0, 0.05) is 4.90 Å². The van der Waals surface area contributed by atoms with Gasteiger partial charge < -0.3 is 5.11 Å².